The van der Waals surface area contributed by atoms with Crippen LogP contribution in [0.1, 0.15) is 35.2 Å². The lowest BCUT2D eigenvalue weighted by atomic mass is 9.93. The molecule has 0 N–H and O–H groups in total. The third kappa shape index (κ3) is 6.72. The number of benzene rings is 4. The van der Waals surface area contributed by atoms with Crippen molar-refractivity contribution in [2.75, 3.05) is 20.8 Å². The monoisotopic (exact) mass is 666 g/mol. The minimum Gasteiger partial charge on any atom is -0.497 e. The van der Waals surface area contributed by atoms with Crippen LogP contribution in [0.25, 0.3) is 11.8 Å². The molecule has 1 aliphatic rings. The van der Waals surface area contributed by atoms with Crippen LogP contribution in [0.4, 0.5) is 0 Å². The summed E-state index contributed by atoms with van der Waals surface area (Å²) < 4.78 is 24.6. The van der Waals surface area contributed by atoms with Gasteiger partial charge in [-0.2, -0.15) is 0 Å². The smallest absolute Gasteiger partial charge is 0.338 e. The van der Waals surface area contributed by atoms with E-state index in [2.05, 4.69) is 0 Å². The van der Waals surface area contributed by atoms with Crippen molar-refractivity contribution in [2.24, 2.45) is 4.99 Å². The van der Waals surface area contributed by atoms with E-state index < -0.39 is 12.0 Å². The van der Waals surface area contributed by atoms with Gasteiger partial charge in [-0.05, 0) is 66.1 Å². The van der Waals surface area contributed by atoms with Crippen molar-refractivity contribution in [1.82, 2.24) is 4.57 Å². The molecule has 0 radical (unpaired) electrons. The van der Waals surface area contributed by atoms with Crippen molar-refractivity contribution in [1.29, 1.82) is 0 Å². The fourth-order valence-corrected chi connectivity index (χ4v) is 6.59. The summed E-state index contributed by atoms with van der Waals surface area (Å²) in [6.07, 6.45) is 1.79. The van der Waals surface area contributed by atoms with E-state index in [0.717, 1.165) is 16.7 Å². The molecule has 0 saturated carbocycles. The standard InChI is InChI=1S/C37H31ClN2O6S/c1-4-45-36(42)32-33(25-10-6-5-7-11-25)39-37-40(34(32)26-14-16-28(43-2)17-15-26)35(41)31(47-37)21-23-13-18-29(30(20-23)44-3)46-22-24-9-8-12-27(38)19-24/h5-21,34H,4,22H2,1-3H3/b31-21-/t34-/m1/s1. The van der Waals surface area contributed by atoms with Crippen LogP contribution in [0.3, 0.4) is 0 Å². The molecule has 0 bridgehead atoms. The van der Waals surface area contributed by atoms with Gasteiger partial charge in [0.2, 0.25) is 0 Å². The Morgan fingerprint density at radius 3 is 2.43 bits per heavy atom. The second kappa shape index (κ2) is 14.1. The highest BCUT2D eigenvalue weighted by molar-refractivity contribution is 7.07. The minimum atomic E-state index is -0.787. The molecular weight excluding hydrogens is 636 g/mol. The van der Waals surface area contributed by atoms with E-state index in [1.165, 1.54) is 11.3 Å². The van der Waals surface area contributed by atoms with Crippen molar-refractivity contribution in [3.63, 3.8) is 0 Å². The molecule has 1 aliphatic heterocycles. The summed E-state index contributed by atoms with van der Waals surface area (Å²) >= 11 is 7.37. The van der Waals surface area contributed by atoms with Crippen LogP contribution >= 0.6 is 22.9 Å². The lowest BCUT2D eigenvalue weighted by Crippen LogP contribution is -2.40. The minimum absolute atomic E-state index is 0.171. The number of rotatable bonds is 10. The van der Waals surface area contributed by atoms with Crippen LogP contribution in [0, 0.1) is 0 Å². The zero-order valence-corrected chi connectivity index (χ0v) is 27.5. The van der Waals surface area contributed by atoms with Gasteiger partial charge >= 0.3 is 5.97 Å². The van der Waals surface area contributed by atoms with Crippen LogP contribution in [-0.4, -0.2) is 31.4 Å². The van der Waals surface area contributed by atoms with E-state index >= 15 is 0 Å². The number of carbonyl (C=O) groups is 1. The Bertz CT molecular complexity index is 2140. The zero-order chi connectivity index (χ0) is 32.9. The first-order chi connectivity index (χ1) is 22.9. The van der Waals surface area contributed by atoms with E-state index in [4.69, 9.17) is 35.5 Å². The van der Waals surface area contributed by atoms with Gasteiger partial charge in [0.25, 0.3) is 5.56 Å². The van der Waals surface area contributed by atoms with Gasteiger partial charge in [0.1, 0.15) is 12.4 Å². The van der Waals surface area contributed by atoms with Crippen LogP contribution < -0.4 is 29.1 Å². The molecule has 10 heteroatoms. The van der Waals surface area contributed by atoms with Gasteiger partial charge in [0.05, 0.1) is 42.7 Å². The highest BCUT2D eigenvalue weighted by Crippen LogP contribution is 2.36. The molecule has 0 unspecified atom stereocenters. The number of hydrogen-bond donors (Lipinski definition) is 0. The topological polar surface area (TPSA) is 88.4 Å². The number of fused-ring (bicyclic) bond motifs is 1. The van der Waals surface area contributed by atoms with E-state index in [-0.39, 0.29) is 17.7 Å². The molecule has 6 rings (SSSR count). The van der Waals surface area contributed by atoms with Crippen LogP contribution in [0.2, 0.25) is 5.02 Å². The molecule has 0 spiro atoms. The number of thiazole rings is 1. The molecule has 4 aromatic carbocycles. The second-order valence-corrected chi connectivity index (χ2v) is 12.0. The molecule has 0 saturated heterocycles. The maximum Gasteiger partial charge on any atom is 0.338 e. The van der Waals surface area contributed by atoms with Gasteiger partial charge in [-0.25, -0.2) is 9.79 Å². The van der Waals surface area contributed by atoms with Crippen molar-refractivity contribution < 1.29 is 23.7 Å². The number of halogens is 1. The Morgan fingerprint density at radius 2 is 1.72 bits per heavy atom. The average molecular weight is 667 g/mol. The molecule has 47 heavy (non-hydrogen) atoms. The summed E-state index contributed by atoms with van der Waals surface area (Å²) in [4.78, 5) is 33.2. The number of ether oxygens (including phenoxy) is 4. The van der Waals surface area contributed by atoms with Crippen LogP contribution in [-0.2, 0) is 16.1 Å². The van der Waals surface area contributed by atoms with Crippen LogP contribution in [0.5, 0.6) is 17.2 Å². The average Bonchev–Trinajstić information content (AvgIpc) is 3.41. The predicted molar refractivity (Wildman–Crippen MR) is 183 cm³/mol. The summed E-state index contributed by atoms with van der Waals surface area (Å²) in [6.45, 7) is 2.23. The van der Waals surface area contributed by atoms with Crippen LogP contribution in [0.15, 0.2) is 112 Å². The Labute approximate surface area is 280 Å². The lowest BCUT2D eigenvalue weighted by Gasteiger charge is -2.26. The number of esters is 1. The fourth-order valence-electron chi connectivity index (χ4n) is 5.37. The van der Waals surface area contributed by atoms with E-state index in [9.17, 15) is 9.59 Å². The number of hydrogen-bond acceptors (Lipinski definition) is 8. The Morgan fingerprint density at radius 1 is 0.936 bits per heavy atom. The first-order valence-electron chi connectivity index (χ1n) is 14.9. The summed E-state index contributed by atoms with van der Waals surface area (Å²) in [5.41, 5.74) is 3.57. The van der Waals surface area contributed by atoms with Gasteiger partial charge < -0.3 is 18.9 Å². The summed E-state index contributed by atoms with van der Waals surface area (Å²) in [6, 6.07) is 28.9. The Hall–Kier alpha value is -5.12. The fraction of sp³-hybridized carbons (Fsp3) is 0.162. The predicted octanol–water partition coefficient (Wildman–Crippen LogP) is 6.19. The molecule has 1 aromatic heterocycles. The summed E-state index contributed by atoms with van der Waals surface area (Å²) in [5, 5.41) is 0.634. The molecule has 0 amide bonds. The third-order valence-electron chi connectivity index (χ3n) is 7.57. The van der Waals surface area contributed by atoms with Gasteiger partial charge in [-0.3, -0.25) is 9.36 Å². The number of nitrogens with zero attached hydrogens (tertiary/aromatic N) is 2. The maximum absolute atomic E-state index is 14.2. The quantitative estimate of drug-likeness (QED) is 0.165. The van der Waals surface area contributed by atoms with E-state index in [0.29, 0.717) is 49.5 Å². The molecule has 0 fully saturated rings. The number of carbonyl (C=O) groups excluding carboxylic acids is 1. The Balaban J connectivity index is 1.47. The van der Waals surface area contributed by atoms with Gasteiger partial charge in [0, 0.05) is 10.6 Å². The Kier molecular flexibility index (Phi) is 9.56. The van der Waals surface area contributed by atoms with E-state index in [1.54, 1.807) is 50.0 Å². The number of aromatic nitrogens is 1. The first-order valence-corrected chi connectivity index (χ1v) is 16.1. The molecule has 8 nitrogen and oxygen atoms in total. The molecule has 0 aliphatic carbocycles. The first kappa shape index (κ1) is 31.8. The summed E-state index contributed by atoms with van der Waals surface area (Å²) in [5.74, 6) is 1.18. The highest BCUT2D eigenvalue weighted by atomic mass is 35.5. The van der Waals surface area contributed by atoms with Gasteiger partial charge in [0.15, 0.2) is 16.3 Å². The summed E-state index contributed by atoms with van der Waals surface area (Å²) in [7, 11) is 3.15. The van der Waals surface area contributed by atoms with Crippen molar-refractivity contribution in [2.45, 2.75) is 19.6 Å². The SMILES string of the molecule is CCOC(=O)C1=C(c2ccccc2)N=c2s/c(=C\c3ccc(OCc4cccc(Cl)c4)c(OC)c3)c(=O)n2[C@@H]1c1ccc(OC)cc1. The van der Waals surface area contributed by atoms with Gasteiger partial charge in [-0.15, -0.1) is 0 Å². The normalized spacial score (nSPS) is 14.3. The lowest BCUT2D eigenvalue weighted by molar-refractivity contribution is -0.138. The largest absolute Gasteiger partial charge is 0.497 e. The highest BCUT2D eigenvalue weighted by Gasteiger charge is 2.35. The van der Waals surface area contributed by atoms with Gasteiger partial charge in [-0.1, -0.05) is 83.6 Å². The van der Waals surface area contributed by atoms with Crippen molar-refractivity contribution in [3.8, 4) is 17.2 Å². The maximum atomic E-state index is 14.2. The second-order valence-electron chi connectivity index (χ2n) is 10.5. The molecule has 238 valence electrons. The molecule has 5 aromatic rings. The zero-order valence-electron chi connectivity index (χ0n) is 25.9. The molecule has 2 heterocycles. The number of methoxy groups -OCH3 is 2. The molecular formula is C37H31ClN2O6S. The third-order valence-corrected chi connectivity index (χ3v) is 8.79. The molecule has 1 atom stereocenters. The van der Waals surface area contributed by atoms with E-state index in [1.807, 2.05) is 78.9 Å². The van der Waals surface area contributed by atoms with Crippen molar-refractivity contribution >= 4 is 40.7 Å². The van der Waals surface area contributed by atoms with Crippen molar-refractivity contribution in [3.05, 3.63) is 150 Å².